The number of pyridine rings is 1. The molecule has 0 bridgehead atoms. The van der Waals surface area contributed by atoms with E-state index in [-0.39, 0.29) is 11.8 Å². The summed E-state index contributed by atoms with van der Waals surface area (Å²) in [6.45, 7) is 0.695. The molecule has 0 atom stereocenters. The highest BCUT2D eigenvalue weighted by Gasteiger charge is 2.24. The van der Waals surface area contributed by atoms with Crippen LogP contribution in [0.25, 0.3) is 17.0 Å². The topological polar surface area (TPSA) is 83.5 Å². The number of anilines is 1. The van der Waals surface area contributed by atoms with Crippen LogP contribution in [0, 0.1) is 5.92 Å². The van der Waals surface area contributed by atoms with E-state index in [2.05, 4.69) is 20.6 Å². The van der Waals surface area contributed by atoms with E-state index in [1.165, 1.54) is 24.6 Å². The highest BCUT2D eigenvalue weighted by molar-refractivity contribution is 8.18. The molecule has 1 saturated carbocycles. The summed E-state index contributed by atoms with van der Waals surface area (Å²) < 4.78 is 0. The number of carbonyl (C=O) groups excluding carboxylic acids is 2. The van der Waals surface area contributed by atoms with Crippen molar-refractivity contribution in [1.29, 1.82) is 0 Å². The lowest BCUT2D eigenvalue weighted by atomic mass is 10.1. The van der Waals surface area contributed by atoms with Crippen LogP contribution >= 0.6 is 23.4 Å². The molecule has 32 heavy (non-hydrogen) atoms. The van der Waals surface area contributed by atoms with Gasteiger partial charge in [-0.25, -0.2) is 0 Å². The molecule has 1 fully saturated rings. The molecular formula is C24H19ClN4O2S. The molecule has 2 heterocycles. The van der Waals surface area contributed by atoms with Crippen molar-refractivity contribution in [3.63, 3.8) is 0 Å². The van der Waals surface area contributed by atoms with Gasteiger partial charge in [-0.3, -0.25) is 14.6 Å². The molecule has 5 rings (SSSR count). The molecule has 0 radical (unpaired) electrons. The predicted molar refractivity (Wildman–Crippen MR) is 130 cm³/mol. The van der Waals surface area contributed by atoms with Gasteiger partial charge in [-0.2, -0.15) is 4.99 Å². The first-order valence-corrected chi connectivity index (χ1v) is 11.5. The first kappa shape index (κ1) is 20.7. The third kappa shape index (κ3) is 4.69. The molecule has 2 N–H and O–H groups in total. The summed E-state index contributed by atoms with van der Waals surface area (Å²) in [4.78, 5) is 33.7. The maximum absolute atomic E-state index is 12.4. The van der Waals surface area contributed by atoms with E-state index in [1.807, 2.05) is 30.3 Å². The number of halogens is 1. The van der Waals surface area contributed by atoms with Crippen molar-refractivity contribution in [2.75, 3.05) is 11.9 Å². The van der Waals surface area contributed by atoms with Crippen LogP contribution in [0.1, 0.15) is 28.8 Å². The van der Waals surface area contributed by atoms with Gasteiger partial charge in [-0.15, -0.1) is 0 Å². The van der Waals surface area contributed by atoms with E-state index in [4.69, 9.17) is 11.6 Å². The normalized spacial score (nSPS) is 17.0. The number of carbonyl (C=O) groups is 2. The summed E-state index contributed by atoms with van der Waals surface area (Å²) >= 11 is 7.55. The van der Waals surface area contributed by atoms with Gasteiger partial charge in [-0.1, -0.05) is 23.7 Å². The van der Waals surface area contributed by atoms with Crippen molar-refractivity contribution in [2.24, 2.45) is 10.9 Å². The van der Waals surface area contributed by atoms with E-state index >= 15 is 0 Å². The van der Waals surface area contributed by atoms with Crippen LogP contribution in [-0.4, -0.2) is 28.5 Å². The van der Waals surface area contributed by atoms with Gasteiger partial charge in [0.25, 0.3) is 11.8 Å². The quantitative estimate of drug-likeness (QED) is 0.515. The van der Waals surface area contributed by atoms with Crippen molar-refractivity contribution in [2.45, 2.75) is 12.8 Å². The average molecular weight is 463 g/mol. The molecule has 1 aliphatic heterocycles. The third-order valence-corrected chi connectivity index (χ3v) is 6.49. The van der Waals surface area contributed by atoms with Gasteiger partial charge >= 0.3 is 0 Å². The van der Waals surface area contributed by atoms with Gasteiger partial charge in [0.1, 0.15) is 0 Å². The molecule has 8 heteroatoms. The number of amidine groups is 1. The minimum Gasteiger partial charge on any atom is -0.352 e. The summed E-state index contributed by atoms with van der Waals surface area (Å²) in [6, 6.07) is 14.7. The molecule has 1 aliphatic carbocycles. The average Bonchev–Trinajstić information content (AvgIpc) is 3.57. The zero-order chi connectivity index (χ0) is 22.1. The molecule has 6 nitrogen and oxygen atoms in total. The molecule has 2 aliphatic rings. The summed E-state index contributed by atoms with van der Waals surface area (Å²) in [6.07, 6.45) is 5.90. The number of thioether (sulfide) groups is 1. The smallest absolute Gasteiger partial charge is 0.286 e. The fraction of sp³-hybridized carbons (Fsp3) is 0.167. The number of aromatic nitrogens is 1. The van der Waals surface area contributed by atoms with E-state index < -0.39 is 0 Å². The summed E-state index contributed by atoms with van der Waals surface area (Å²) in [5.41, 5.74) is 2.83. The number of aliphatic imine (C=N–C) groups is 1. The fourth-order valence-electron chi connectivity index (χ4n) is 3.34. The number of hydrogen-bond acceptors (Lipinski definition) is 5. The minimum atomic E-state index is -0.321. The second-order valence-corrected chi connectivity index (χ2v) is 9.20. The van der Waals surface area contributed by atoms with Gasteiger partial charge < -0.3 is 10.6 Å². The van der Waals surface area contributed by atoms with Gasteiger partial charge in [-0.05, 0) is 78.6 Å². The molecule has 0 saturated heterocycles. The van der Waals surface area contributed by atoms with E-state index in [9.17, 15) is 9.59 Å². The molecule has 2 amide bonds. The number of hydrogen-bond donors (Lipinski definition) is 2. The second-order valence-electron chi connectivity index (χ2n) is 7.76. The Morgan fingerprint density at radius 3 is 2.91 bits per heavy atom. The van der Waals surface area contributed by atoms with Crippen LogP contribution in [0.3, 0.4) is 0 Å². The standard InChI is InChI=1S/C24H19ClN4O2S/c25-18-7-6-17(22(30)27-13-14-3-4-14)12-20(18)28-24-29-23(31)21(32-24)11-15-5-8-19-16(10-15)2-1-9-26-19/h1-2,5-12,14H,3-4,13H2,(H,27,30)(H,28,29,31)/b21-11-. The Kier molecular flexibility index (Phi) is 5.68. The Labute approximate surface area is 194 Å². The van der Waals surface area contributed by atoms with Crippen LogP contribution in [-0.2, 0) is 4.79 Å². The summed E-state index contributed by atoms with van der Waals surface area (Å²) in [7, 11) is 0. The first-order valence-electron chi connectivity index (χ1n) is 10.3. The maximum atomic E-state index is 12.4. The van der Waals surface area contributed by atoms with Gasteiger partial charge in [0.2, 0.25) is 0 Å². The van der Waals surface area contributed by atoms with E-state index in [1.54, 1.807) is 30.5 Å². The second kappa shape index (κ2) is 8.76. The molecule has 160 valence electrons. The van der Waals surface area contributed by atoms with E-state index in [0.717, 1.165) is 16.5 Å². The Bertz CT molecular complexity index is 1300. The highest BCUT2D eigenvalue weighted by Crippen LogP contribution is 2.32. The number of nitrogens with one attached hydrogen (secondary N) is 2. The lowest BCUT2D eigenvalue weighted by Crippen LogP contribution is -2.25. The van der Waals surface area contributed by atoms with Crippen molar-refractivity contribution in [3.05, 3.63) is 75.8 Å². The SMILES string of the molecule is O=C1N=C(Nc2cc(C(=O)NCC3CC3)ccc2Cl)S/C1=C\c1ccc2ncccc2c1. The van der Waals surface area contributed by atoms with Gasteiger partial charge in [0.15, 0.2) is 5.17 Å². The Balaban J connectivity index is 1.30. The number of benzene rings is 2. The number of rotatable bonds is 5. The molecule has 2 aromatic carbocycles. The monoisotopic (exact) mass is 462 g/mol. The third-order valence-electron chi connectivity index (χ3n) is 5.26. The van der Waals surface area contributed by atoms with Gasteiger partial charge in [0, 0.05) is 23.7 Å². The van der Waals surface area contributed by atoms with Crippen molar-refractivity contribution in [1.82, 2.24) is 10.3 Å². The van der Waals surface area contributed by atoms with Crippen LogP contribution in [0.15, 0.2) is 64.6 Å². The Morgan fingerprint density at radius 2 is 2.06 bits per heavy atom. The maximum Gasteiger partial charge on any atom is 0.286 e. The Hall–Kier alpha value is -3.16. The summed E-state index contributed by atoms with van der Waals surface area (Å²) in [5.74, 6) is 0.140. The van der Waals surface area contributed by atoms with Crippen molar-refractivity contribution < 1.29 is 9.59 Å². The van der Waals surface area contributed by atoms with Crippen LogP contribution < -0.4 is 10.6 Å². The lowest BCUT2D eigenvalue weighted by molar-refractivity contribution is -0.113. The fourth-order valence-corrected chi connectivity index (χ4v) is 4.33. The van der Waals surface area contributed by atoms with E-state index in [0.29, 0.717) is 38.8 Å². The van der Waals surface area contributed by atoms with Crippen LogP contribution in [0.2, 0.25) is 5.02 Å². The summed E-state index contributed by atoms with van der Waals surface area (Å²) in [5, 5.41) is 7.89. The number of amides is 2. The van der Waals surface area contributed by atoms with Crippen molar-refractivity contribution >= 4 is 63.0 Å². The lowest BCUT2D eigenvalue weighted by Gasteiger charge is -2.10. The molecule has 3 aromatic rings. The number of fused-ring (bicyclic) bond motifs is 1. The highest BCUT2D eigenvalue weighted by atomic mass is 35.5. The zero-order valence-corrected chi connectivity index (χ0v) is 18.5. The Morgan fingerprint density at radius 1 is 1.19 bits per heavy atom. The zero-order valence-electron chi connectivity index (χ0n) is 17.0. The van der Waals surface area contributed by atoms with Crippen LogP contribution in [0.5, 0.6) is 0 Å². The molecule has 0 unspecified atom stereocenters. The van der Waals surface area contributed by atoms with Crippen molar-refractivity contribution in [3.8, 4) is 0 Å². The molecule has 0 spiro atoms. The largest absolute Gasteiger partial charge is 0.352 e. The predicted octanol–water partition coefficient (Wildman–Crippen LogP) is 5.11. The van der Waals surface area contributed by atoms with Gasteiger partial charge in [0.05, 0.1) is 21.1 Å². The molecular weight excluding hydrogens is 444 g/mol. The number of nitrogens with zero attached hydrogens (tertiary/aromatic N) is 2. The van der Waals surface area contributed by atoms with Crippen LogP contribution in [0.4, 0.5) is 5.69 Å². The molecule has 1 aromatic heterocycles. The first-order chi connectivity index (χ1) is 15.5. The minimum absolute atomic E-state index is 0.139.